The van der Waals surface area contributed by atoms with Crippen LogP contribution < -0.4 is 0 Å². The number of nitrogens with zero attached hydrogens (tertiary/aromatic N) is 1. The van der Waals surface area contributed by atoms with E-state index in [0.29, 0.717) is 0 Å². The van der Waals surface area contributed by atoms with Gasteiger partial charge in [0.1, 0.15) is 4.60 Å². The van der Waals surface area contributed by atoms with Crippen molar-refractivity contribution < 1.29 is 0 Å². The third-order valence-corrected chi connectivity index (χ3v) is 2.72. The Labute approximate surface area is 87.1 Å². The van der Waals surface area contributed by atoms with Crippen LogP contribution in [0, 0.1) is 0 Å². The van der Waals surface area contributed by atoms with E-state index in [1.165, 1.54) is 0 Å². The number of aromatic nitrogens is 1. The highest BCUT2D eigenvalue weighted by Gasteiger charge is 1.98. The van der Waals surface area contributed by atoms with Crippen molar-refractivity contribution in [2.24, 2.45) is 0 Å². The summed E-state index contributed by atoms with van der Waals surface area (Å²) in [5.41, 5.74) is 0.992. The van der Waals surface area contributed by atoms with Gasteiger partial charge in [-0.25, -0.2) is 4.98 Å². The maximum atomic E-state index is 4.34. The first kappa shape index (κ1) is 8.20. The molecule has 0 bridgehead atoms. The van der Waals surface area contributed by atoms with Crippen molar-refractivity contribution in [2.75, 3.05) is 0 Å². The molecule has 1 nitrogen and oxygen atoms in total. The van der Waals surface area contributed by atoms with Gasteiger partial charge in [0.25, 0.3) is 0 Å². The lowest BCUT2D eigenvalue weighted by Crippen LogP contribution is -1.80. The van der Waals surface area contributed by atoms with Gasteiger partial charge in [-0.05, 0) is 44.0 Å². The fraction of sp³-hybridized carbons (Fsp3) is 0. The molecule has 0 spiro atoms. The van der Waals surface area contributed by atoms with E-state index in [1.54, 1.807) is 0 Å². The second kappa shape index (κ2) is 3.15. The lowest BCUT2D eigenvalue weighted by Gasteiger charge is -1.98. The molecular formula is C9H5Br2N. The van der Waals surface area contributed by atoms with Crippen molar-refractivity contribution in [3.63, 3.8) is 0 Å². The highest BCUT2D eigenvalue weighted by atomic mass is 79.9. The van der Waals surface area contributed by atoms with Crippen molar-refractivity contribution in [3.8, 4) is 0 Å². The first-order valence-electron chi connectivity index (χ1n) is 3.48. The molecule has 2 rings (SSSR count). The van der Waals surface area contributed by atoms with Crippen LogP contribution in [0.5, 0.6) is 0 Å². The number of hydrogen-bond donors (Lipinski definition) is 0. The Balaban J connectivity index is 2.88. The van der Waals surface area contributed by atoms with Gasteiger partial charge in [0.2, 0.25) is 0 Å². The Morgan fingerprint density at radius 3 is 2.67 bits per heavy atom. The molecule has 0 amide bonds. The SMILES string of the molecule is Brc1ccc2cccc(Br)c2n1. The molecule has 0 aliphatic carbocycles. The molecule has 0 atom stereocenters. The molecule has 0 saturated carbocycles. The monoisotopic (exact) mass is 285 g/mol. The quantitative estimate of drug-likeness (QED) is 0.672. The third-order valence-electron chi connectivity index (χ3n) is 1.64. The van der Waals surface area contributed by atoms with Crippen LogP contribution >= 0.6 is 31.9 Å². The van der Waals surface area contributed by atoms with Crippen LogP contribution in [0.25, 0.3) is 10.9 Å². The van der Waals surface area contributed by atoms with Crippen molar-refractivity contribution >= 4 is 42.8 Å². The minimum Gasteiger partial charge on any atom is -0.240 e. The van der Waals surface area contributed by atoms with E-state index in [4.69, 9.17) is 0 Å². The van der Waals surface area contributed by atoms with E-state index in [0.717, 1.165) is 20.0 Å². The normalized spacial score (nSPS) is 10.5. The standard InChI is InChI=1S/C9H5Br2N/c10-7-3-1-2-6-4-5-8(11)12-9(6)7/h1-5H. The van der Waals surface area contributed by atoms with Gasteiger partial charge < -0.3 is 0 Å². The largest absolute Gasteiger partial charge is 0.240 e. The first-order valence-corrected chi connectivity index (χ1v) is 5.07. The lowest BCUT2D eigenvalue weighted by molar-refractivity contribution is 1.34. The lowest BCUT2D eigenvalue weighted by atomic mass is 10.2. The Bertz CT molecular complexity index is 426. The van der Waals surface area contributed by atoms with Gasteiger partial charge in [-0.2, -0.15) is 0 Å². The maximum absolute atomic E-state index is 4.34. The van der Waals surface area contributed by atoms with Gasteiger partial charge >= 0.3 is 0 Å². The van der Waals surface area contributed by atoms with Crippen LogP contribution in [-0.4, -0.2) is 4.98 Å². The van der Waals surface area contributed by atoms with Crippen LogP contribution in [-0.2, 0) is 0 Å². The number of fused-ring (bicyclic) bond motifs is 1. The molecule has 1 heterocycles. The molecule has 1 aromatic heterocycles. The minimum absolute atomic E-state index is 0.863. The zero-order chi connectivity index (χ0) is 8.55. The molecule has 1 aromatic carbocycles. The molecule has 0 radical (unpaired) electrons. The molecule has 0 aliphatic rings. The number of rotatable bonds is 0. The molecule has 2 aromatic rings. The van der Waals surface area contributed by atoms with E-state index in [-0.39, 0.29) is 0 Å². The van der Waals surface area contributed by atoms with Crippen LogP contribution in [0.1, 0.15) is 0 Å². The van der Waals surface area contributed by atoms with Crippen LogP contribution in [0.2, 0.25) is 0 Å². The van der Waals surface area contributed by atoms with Crippen molar-refractivity contribution in [3.05, 3.63) is 39.4 Å². The summed E-state index contributed by atoms with van der Waals surface area (Å²) >= 11 is 6.78. The van der Waals surface area contributed by atoms with Gasteiger partial charge in [0, 0.05) is 9.86 Å². The molecule has 0 N–H and O–H groups in total. The third kappa shape index (κ3) is 1.39. The van der Waals surface area contributed by atoms with Crippen LogP contribution in [0.15, 0.2) is 39.4 Å². The summed E-state index contributed by atoms with van der Waals surface area (Å²) in [6.45, 7) is 0. The smallest absolute Gasteiger partial charge is 0.106 e. The van der Waals surface area contributed by atoms with Crippen molar-refractivity contribution in [1.29, 1.82) is 0 Å². The Hall–Kier alpha value is -0.410. The van der Waals surface area contributed by atoms with Gasteiger partial charge in [-0.3, -0.25) is 0 Å². The number of halogens is 2. The second-order valence-electron chi connectivity index (χ2n) is 2.45. The highest BCUT2D eigenvalue weighted by Crippen LogP contribution is 2.23. The molecule has 0 unspecified atom stereocenters. The van der Waals surface area contributed by atoms with Crippen LogP contribution in [0.3, 0.4) is 0 Å². The predicted octanol–water partition coefficient (Wildman–Crippen LogP) is 3.76. The minimum atomic E-state index is 0.863. The zero-order valence-corrected chi connectivity index (χ0v) is 9.26. The summed E-state index contributed by atoms with van der Waals surface area (Å²) in [4.78, 5) is 4.34. The van der Waals surface area contributed by atoms with Gasteiger partial charge in [0.05, 0.1) is 5.52 Å². The van der Waals surface area contributed by atoms with Crippen molar-refractivity contribution in [2.45, 2.75) is 0 Å². The number of para-hydroxylation sites is 1. The molecule has 3 heteroatoms. The van der Waals surface area contributed by atoms with Gasteiger partial charge in [-0.15, -0.1) is 0 Å². The van der Waals surface area contributed by atoms with Gasteiger partial charge in [-0.1, -0.05) is 18.2 Å². The molecule has 12 heavy (non-hydrogen) atoms. The average molecular weight is 287 g/mol. The summed E-state index contributed by atoms with van der Waals surface area (Å²) in [7, 11) is 0. The van der Waals surface area contributed by atoms with E-state index in [2.05, 4.69) is 36.8 Å². The average Bonchev–Trinajstić information content (AvgIpc) is 2.07. The molecular weight excluding hydrogens is 282 g/mol. The molecule has 60 valence electrons. The fourth-order valence-corrected chi connectivity index (χ4v) is 1.87. The summed E-state index contributed by atoms with van der Waals surface area (Å²) in [5, 5.41) is 1.15. The van der Waals surface area contributed by atoms with E-state index in [9.17, 15) is 0 Å². The molecule has 0 aliphatic heterocycles. The van der Waals surface area contributed by atoms with Crippen LogP contribution in [0.4, 0.5) is 0 Å². The topological polar surface area (TPSA) is 12.9 Å². The Kier molecular flexibility index (Phi) is 2.15. The molecule has 0 fully saturated rings. The number of hydrogen-bond acceptors (Lipinski definition) is 1. The Morgan fingerprint density at radius 1 is 1.00 bits per heavy atom. The number of benzene rings is 1. The maximum Gasteiger partial charge on any atom is 0.106 e. The first-order chi connectivity index (χ1) is 5.77. The molecule has 0 saturated heterocycles. The summed E-state index contributed by atoms with van der Waals surface area (Å²) in [6.07, 6.45) is 0. The fourth-order valence-electron chi connectivity index (χ4n) is 1.09. The second-order valence-corrected chi connectivity index (χ2v) is 4.11. The van der Waals surface area contributed by atoms with E-state index >= 15 is 0 Å². The predicted molar refractivity (Wildman–Crippen MR) is 57.1 cm³/mol. The number of pyridine rings is 1. The highest BCUT2D eigenvalue weighted by molar-refractivity contribution is 9.11. The van der Waals surface area contributed by atoms with Gasteiger partial charge in [0.15, 0.2) is 0 Å². The Morgan fingerprint density at radius 2 is 1.83 bits per heavy atom. The summed E-state index contributed by atoms with van der Waals surface area (Å²) in [5.74, 6) is 0. The summed E-state index contributed by atoms with van der Waals surface area (Å²) < 4.78 is 1.89. The van der Waals surface area contributed by atoms with E-state index < -0.39 is 0 Å². The zero-order valence-electron chi connectivity index (χ0n) is 6.09. The van der Waals surface area contributed by atoms with E-state index in [1.807, 2.05) is 30.3 Å². The summed E-state index contributed by atoms with van der Waals surface area (Å²) in [6, 6.07) is 10.0. The van der Waals surface area contributed by atoms with Crippen molar-refractivity contribution in [1.82, 2.24) is 4.98 Å².